The van der Waals surface area contributed by atoms with E-state index in [0.717, 1.165) is 11.3 Å². The van der Waals surface area contributed by atoms with E-state index in [0.29, 0.717) is 12.0 Å². The van der Waals surface area contributed by atoms with E-state index in [9.17, 15) is 0 Å². The third-order valence-corrected chi connectivity index (χ3v) is 2.23. The lowest BCUT2D eigenvalue weighted by atomic mass is 10.0. The summed E-state index contributed by atoms with van der Waals surface area (Å²) >= 11 is 1.31. The van der Waals surface area contributed by atoms with Crippen molar-refractivity contribution in [1.29, 1.82) is 5.26 Å². The Morgan fingerprint density at radius 1 is 1.54 bits per heavy atom. The van der Waals surface area contributed by atoms with Crippen LogP contribution in [0, 0.1) is 11.3 Å². The Balaban J connectivity index is 2.21. The third-order valence-electron chi connectivity index (χ3n) is 1.73. The van der Waals surface area contributed by atoms with Gasteiger partial charge in [-0.1, -0.05) is 4.49 Å². The Morgan fingerprint density at radius 3 is 3.15 bits per heavy atom. The lowest BCUT2D eigenvalue weighted by Crippen LogP contribution is -2.04. The highest BCUT2D eigenvalue weighted by molar-refractivity contribution is 7.03. The second-order valence-electron chi connectivity index (χ2n) is 2.58. The van der Waals surface area contributed by atoms with Gasteiger partial charge in [0.1, 0.15) is 5.69 Å². The van der Waals surface area contributed by atoms with Crippen LogP contribution in [0.5, 0.6) is 0 Å². The maximum atomic E-state index is 8.69. The zero-order valence-electron chi connectivity index (χ0n) is 6.69. The van der Waals surface area contributed by atoms with Crippen molar-refractivity contribution in [2.75, 3.05) is 0 Å². The first kappa shape index (κ1) is 7.95. The Kier molecular flexibility index (Phi) is 2.06. The number of allylic oxidation sites excluding steroid dienone is 2. The fourth-order valence-electron chi connectivity index (χ4n) is 1.09. The summed E-state index contributed by atoms with van der Waals surface area (Å²) in [5, 5.41) is 17.4. The molecule has 4 nitrogen and oxygen atoms in total. The summed E-state index contributed by atoms with van der Waals surface area (Å²) in [4.78, 5) is 0. The highest BCUT2D eigenvalue weighted by atomic mass is 32.1. The van der Waals surface area contributed by atoms with Gasteiger partial charge in [0.2, 0.25) is 0 Å². The van der Waals surface area contributed by atoms with Gasteiger partial charge in [-0.15, -0.1) is 5.10 Å². The number of aromatic nitrogens is 2. The molecule has 1 aromatic heterocycles. The number of nitrogens with one attached hydrogen (secondary N) is 1. The van der Waals surface area contributed by atoms with E-state index in [1.807, 2.05) is 11.6 Å². The molecule has 0 saturated heterocycles. The van der Waals surface area contributed by atoms with Gasteiger partial charge in [-0.3, -0.25) is 0 Å². The number of hydrogen-bond donors (Lipinski definition) is 1. The topological polar surface area (TPSA) is 61.6 Å². The number of nitrogens with zero attached hydrogens (tertiary/aromatic N) is 3. The predicted molar refractivity (Wildman–Crippen MR) is 49.3 cm³/mol. The molecule has 2 rings (SSSR count). The SMILES string of the molecule is N#CC1=CNC=C(c2csnn2)C1. The smallest absolute Gasteiger partial charge is 0.103 e. The summed E-state index contributed by atoms with van der Waals surface area (Å²) in [6, 6.07) is 2.11. The third kappa shape index (κ3) is 1.58. The standard InChI is InChI=1S/C8H6N4S/c9-2-6-1-7(4-10-3-6)8-5-13-12-11-8/h3-5,10H,1H2. The molecule has 1 N–H and O–H groups in total. The maximum absolute atomic E-state index is 8.69. The molecule has 0 unspecified atom stereocenters. The number of nitriles is 1. The molecular weight excluding hydrogens is 184 g/mol. The molecule has 5 heteroatoms. The lowest BCUT2D eigenvalue weighted by molar-refractivity contribution is 1.05. The van der Waals surface area contributed by atoms with E-state index < -0.39 is 0 Å². The van der Waals surface area contributed by atoms with Crippen LogP contribution in [-0.4, -0.2) is 9.59 Å². The van der Waals surface area contributed by atoms with Gasteiger partial charge in [0.25, 0.3) is 0 Å². The first-order valence-electron chi connectivity index (χ1n) is 3.72. The van der Waals surface area contributed by atoms with Crippen LogP contribution >= 0.6 is 11.5 Å². The highest BCUT2D eigenvalue weighted by Gasteiger charge is 2.10. The fourth-order valence-corrected chi connectivity index (χ4v) is 1.57. The van der Waals surface area contributed by atoms with Crippen molar-refractivity contribution in [2.45, 2.75) is 6.42 Å². The van der Waals surface area contributed by atoms with Gasteiger partial charge >= 0.3 is 0 Å². The molecule has 0 spiro atoms. The zero-order chi connectivity index (χ0) is 9.10. The molecule has 1 aliphatic rings. The summed E-state index contributed by atoms with van der Waals surface area (Å²) < 4.78 is 3.77. The van der Waals surface area contributed by atoms with Crippen molar-refractivity contribution in [3.8, 4) is 6.07 Å². The largest absolute Gasteiger partial charge is 0.366 e. The van der Waals surface area contributed by atoms with Gasteiger partial charge < -0.3 is 5.32 Å². The van der Waals surface area contributed by atoms with E-state index in [1.54, 1.807) is 6.20 Å². The first-order valence-corrected chi connectivity index (χ1v) is 4.55. The quantitative estimate of drug-likeness (QED) is 0.724. The van der Waals surface area contributed by atoms with E-state index in [1.165, 1.54) is 11.5 Å². The van der Waals surface area contributed by atoms with Crippen LogP contribution in [0.1, 0.15) is 12.1 Å². The normalized spacial score (nSPS) is 15.3. The van der Waals surface area contributed by atoms with E-state index >= 15 is 0 Å². The van der Waals surface area contributed by atoms with Gasteiger partial charge in [0.15, 0.2) is 0 Å². The zero-order valence-corrected chi connectivity index (χ0v) is 7.51. The maximum Gasteiger partial charge on any atom is 0.103 e. The highest BCUT2D eigenvalue weighted by Crippen LogP contribution is 2.22. The van der Waals surface area contributed by atoms with Crippen LogP contribution in [0.15, 0.2) is 23.4 Å². The van der Waals surface area contributed by atoms with Crippen LogP contribution in [0.25, 0.3) is 5.57 Å². The number of hydrogen-bond acceptors (Lipinski definition) is 5. The van der Waals surface area contributed by atoms with Crippen LogP contribution in [0.4, 0.5) is 0 Å². The van der Waals surface area contributed by atoms with Crippen LogP contribution in [-0.2, 0) is 0 Å². The van der Waals surface area contributed by atoms with Crippen LogP contribution in [0.3, 0.4) is 0 Å². The second kappa shape index (κ2) is 3.37. The molecule has 0 amide bonds. The van der Waals surface area contributed by atoms with Crippen molar-refractivity contribution in [1.82, 2.24) is 14.9 Å². The Morgan fingerprint density at radius 2 is 2.46 bits per heavy atom. The molecule has 13 heavy (non-hydrogen) atoms. The first-order chi connectivity index (χ1) is 6.40. The molecular formula is C8H6N4S. The lowest BCUT2D eigenvalue weighted by Gasteiger charge is -2.08. The van der Waals surface area contributed by atoms with Crippen molar-refractivity contribution < 1.29 is 0 Å². The molecule has 0 bridgehead atoms. The molecule has 0 atom stereocenters. The molecule has 2 heterocycles. The number of rotatable bonds is 1. The van der Waals surface area contributed by atoms with E-state index in [2.05, 4.69) is 21.0 Å². The summed E-state index contributed by atoms with van der Waals surface area (Å²) in [5.41, 5.74) is 2.57. The van der Waals surface area contributed by atoms with Crippen molar-refractivity contribution in [3.05, 3.63) is 29.0 Å². The molecule has 0 aliphatic carbocycles. The molecule has 1 aliphatic heterocycles. The fraction of sp³-hybridized carbons (Fsp3) is 0.125. The molecule has 1 aromatic rings. The van der Waals surface area contributed by atoms with Gasteiger partial charge in [-0.05, 0) is 11.5 Å². The Labute approximate surface area is 79.4 Å². The molecule has 0 aromatic carbocycles. The molecule has 0 saturated carbocycles. The average molecular weight is 190 g/mol. The minimum atomic E-state index is 0.634. The van der Waals surface area contributed by atoms with Gasteiger partial charge in [-0.25, -0.2) is 0 Å². The summed E-state index contributed by atoms with van der Waals surface area (Å²) in [5.74, 6) is 0. The van der Waals surface area contributed by atoms with Gasteiger partial charge in [0.05, 0.1) is 6.07 Å². The van der Waals surface area contributed by atoms with Gasteiger partial charge in [0, 0.05) is 35.3 Å². The molecule has 0 fully saturated rings. The van der Waals surface area contributed by atoms with Crippen LogP contribution < -0.4 is 5.32 Å². The second-order valence-corrected chi connectivity index (χ2v) is 3.19. The van der Waals surface area contributed by atoms with E-state index in [4.69, 9.17) is 5.26 Å². The number of dihydropyridines is 1. The van der Waals surface area contributed by atoms with Crippen molar-refractivity contribution in [2.24, 2.45) is 0 Å². The molecule has 64 valence electrons. The summed E-state index contributed by atoms with van der Waals surface area (Å²) in [6.07, 6.45) is 4.18. The predicted octanol–water partition coefficient (Wildman–Crippen LogP) is 1.28. The van der Waals surface area contributed by atoms with Crippen molar-refractivity contribution in [3.63, 3.8) is 0 Å². The van der Waals surface area contributed by atoms with Gasteiger partial charge in [-0.2, -0.15) is 5.26 Å². The Bertz CT molecular complexity index is 396. The van der Waals surface area contributed by atoms with E-state index in [-0.39, 0.29) is 0 Å². The monoisotopic (exact) mass is 190 g/mol. The molecule has 0 radical (unpaired) electrons. The summed E-state index contributed by atoms with van der Waals surface area (Å²) in [7, 11) is 0. The Hall–Kier alpha value is -1.67. The van der Waals surface area contributed by atoms with Crippen LogP contribution in [0.2, 0.25) is 0 Å². The van der Waals surface area contributed by atoms with Crippen molar-refractivity contribution >= 4 is 17.1 Å². The minimum absolute atomic E-state index is 0.634. The summed E-state index contributed by atoms with van der Waals surface area (Å²) in [6.45, 7) is 0. The minimum Gasteiger partial charge on any atom is -0.366 e. The average Bonchev–Trinajstić information content (AvgIpc) is 2.71.